The highest BCUT2D eigenvalue weighted by atomic mass is 32.2. The van der Waals surface area contributed by atoms with Crippen LogP contribution in [-0.2, 0) is 19.4 Å². The van der Waals surface area contributed by atoms with Gasteiger partial charge in [0.05, 0.1) is 10.5 Å². The normalized spacial score (nSPS) is 16.5. The maximum absolute atomic E-state index is 12.8. The molecule has 0 saturated heterocycles. The van der Waals surface area contributed by atoms with E-state index < -0.39 is 15.4 Å². The van der Waals surface area contributed by atoms with E-state index >= 15 is 0 Å². The molecule has 0 atom stereocenters. The van der Waals surface area contributed by atoms with Crippen LogP contribution in [-0.4, -0.2) is 26.2 Å². The Hall–Kier alpha value is -2.92. The van der Waals surface area contributed by atoms with Gasteiger partial charge < -0.3 is 4.74 Å². The average molecular weight is 392 g/mol. The van der Waals surface area contributed by atoms with E-state index in [4.69, 9.17) is 4.74 Å². The van der Waals surface area contributed by atoms with Gasteiger partial charge in [-0.2, -0.15) is 0 Å². The molecule has 0 N–H and O–H groups in total. The molecule has 0 spiro atoms. The van der Waals surface area contributed by atoms with Gasteiger partial charge in [-0.05, 0) is 53.9 Å². The van der Waals surface area contributed by atoms with E-state index in [-0.39, 0.29) is 10.9 Å². The molecule has 4 nitrogen and oxygen atoms in total. The summed E-state index contributed by atoms with van der Waals surface area (Å²) in [4.78, 5) is 13.0. The molecule has 1 aliphatic rings. The van der Waals surface area contributed by atoms with Crippen LogP contribution in [0.1, 0.15) is 25.0 Å². The number of ether oxygens (including phenoxy) is 1. The number of fused-ring (bicyclic) bond motifs is 1. The molecular weight excluding hydrogens is 372 g/mol. The molecule has 0 saturated carbocycles. The third-order valence-corrected chi connectivity index (χ3v) is 6.14. The fraction of sp³-hybridized carbons (Fsp3) is 0.174. The van der Waals surface area contributed by atoms with Crippen molar-refractivity contribution in [2.75, 3.05) is 6.26 Å². The van der Waals surface area contributed by atoms with Crippen LogP contribution in [0.4, 0.5) is 0 Å². The van der Waals surface area contributed by atoms with E-state index in [0.29, 0.717) is 5.57 Å². The summed E-state index contributed by atoms with van der Waals surface area (Å²) >= 11 is 0. The standard InChI is InChI=1S/C23H20O4S/c1-23(2)21(16-10-12-19(13-11-16)28(3,25)26)20(22(24)27-23)18-9-8-15-6-4-5-7-17(15)14-18/h4-14H,1-3H3. The molecule has 0 fully saturated rings. The van der Waals surface area contributed by atoms with Crippen LogP contribution in [0.25, 0.3) is 21.9 Å². The van der Waals surface area contributed by atoms with Crippen molar-refractivity contribution in [3.8, 4) is 0 Å². The Morgan fingerprint density at radius 2 is 1.43 bits per heavy atom. The van der Waals surface area contributed by atoms with Crippen molar-refractivity contribution < 1.29 is 17.9 Å². The van der Waals surface area contributed by atoms with Crippen LogP contribution < -0.4 is 0 Å². The Labute approximate surface area is 164 Å². The zero-order valence-corrected chi connectivity index (χ0v) is 16.7. The van der Waals surface area contributed by atoms with Gasteiger partial charge in [0, 0.05) is 11.8 Å². The first kappa shape index (κ1) is 18.4. The minimum absolute atomic E-state index is 0.243. The van der Waals surface area contributed by atoms with Crippen LogP contribution in [0.2, 0.25) is 0 Å². The Morgan fingerprint density at radius 3 is 2.07 bits per heavy atom. The summed E-state index contributed by atoms with van der Waals surface area (Å²) in [5.41, 5.74) is 2.02. The predicted molar refractivity (Wildman–Crippen MR) is 110 cm³/mol. The van der Waals surface area contributed by atoms with Crippen molar-refractivity contribution in [3.63, 3.8) is 0 Å². The van der Waals surface area contributed by atoms with E-state index in [1.165, 1.54) is 6.26 Å². The van der Waals surface area contributed by atoms with E-state index in [9.17, 15) is 13.2 Å². The van der Waals surface area contributed by atoms with Gasteiger partial charge in [0.15, 0.2) is 9.84 Å². The number of hydrogen-bond donors (Lipinski definition) is 0. The lowest BCUT2D eigenvalue weighted by Gasteiger charge is -2.22. The lowest BCUT2D eigenvalue weighted by Crippen LogP contribution is -2.22. The van der Waals surface area contributed by atoms with Crippen molar-refractivity contribution in [3.05, 3.63) is 77.9 Å². The second-order valence-corrected chi connectivity index (χ2v) is 9.52. The van der Waals surface area contributed by atoms with E-state index in [2.05, 4.69) is 0 Å². The molecule has 0 aliphatic carbocycles. The molecule has 0 amide bonds. The Morgan fingerprint density at radius 1 is 0.821 bits per heavy atom. The molecule has 28 heavy (non-hydrogen) atoms. The van der Waals surface area contributed by atoms with Gasteiger partial charge in [0.1, 0.15) is 5.60 Å². The first-order chi connectivity index (χ1) is 13.2. The molecule has 3 aromatic rings. The summed E-state index contributed by atoms with van der Waals surface area (Å²) in [6.45, 7) is 3.69. The quantitative estimate of drug-likeness (QED) is 0.616. The van der Waals surface area contributed by atoms with Gasteiger partial charge in [0.25, 0.3) is 0 Å². The monoisotopic (exact) mass is 392 g/mol. The third kappa shape index (κ3) is 3.12. The second kappa shape index (κ2) is 6.31. The number of benzene rings is 3. The fourth-order valence-corrected chi connectivity index (χ4v) is 4.34. The maximum atomic E-state index is 12.8. The SMILES string of the molecule is CC1(C)OC(=O)C(c2ccc3ccccc3c2)=C1c1ccc(S(C)(=O)=O)cc1. The highest BCUT2D eigenvalue weighted by molar-refractivity contribution is 7.90. The number of esters is 1. The van der Waals surface area contributed by atoms with Crippen LogP contribution in [0.15, 0.2) is 71.6 Å². The summed E-state index contributed by atoms with van der Waals surface area (Å²) in [6, 6.07) is 20.5. The predicted octanol–water partition coefficient (Wildman–Crippen LogP) is 4.49. The summed E-state index contributed by atoms with van der Waals surface area (Å²) in [6.07, 6.45) is 1.17. The van der Waals surface area contributed by atoms with Crippen LogP contribution >= 0.6 is 0 Å². The maximum Gasteiger partial charge on any atom is 0.340 e. The van der Waals surface area contributed by atoms with E-state index in [0.717, 1.165) is 27.5 Å². The van der Waals surface area contributed by atoms with Gasteiger partial charge in [-0.1, -0.05) is 48.5 Å². The van der Waals surface area contributed by atoms with Crippen molar-refractivity contribution in [2.24, 2.45) is 0 Å². The van der Waals surface area contributed by atoms with Crippen LogP contribution in [0.5, 0.6) is 0 Å². The Bertz CT molecular complexity index is 1230. The molecule has 5 heteroatoms. The highest BCUT2D eigenvalue weighted by Crippen LogP contribution is 2.44. The summed E-state index contributed by atoms with van der Waals surface area (Å²) < 4.78 is 29.2. The number of carbonyl (C=O) groups is 1. The molecular formula is C23H20O4S. The van der Waals surface area contributed by atoms with Gasteiger partial charge >= 0.3 is 5.97 Å². The summed E-state index contributed by atoms with van der Waals surface area (Å²) in [5, 5.41) is 2.13. The van der Waals surface area contributed by atoms with Crippen molar-refractivity contribution in [1.82, 2.24) is 0 Å². The molecule has 1 aliphatic heterocycles. The zero-order chi connectivity index (χ0) is 20.1. The molecule has 3 aromatic carbocycles. The molecule has 142 valence electrons. The largest absolute Gasteiger partial charge is 0.451 e. The topological polar surface area (TPSA) is 60.4 Å². The Kier molecular flexibility index (Phi) is 4.16. The van der Waals surface area contributed by atoms with Gasteiger partial charge in [-0.15, -0.1) is 0 Å². The second-order valence-electron chi connectivity index (χ2n) is 7.51. The molecule has 0 bridgehead atoms. The number of carbonyl (C=O) groups excluding carboxylic acids is 1. The molecule has 0 unspecified atom stereocenters. The third-order valence-electron chi connectivity index (χ3n) is 5.01. The molecule has 4 rings (SSSR count). The van der Waals surface area contributed by atoms with E-state index in [1.807, 2.05) is 56.3 Å². The number of hydrogen-bond acceptors (Lipinski definition) is 4. The zero-order valence-electron chi connectivity index (χ0n) is 15.9. The Balaban J connectivity index is 1.93. The summed E-state index contributed by atoms with van der Waals surface area (Å²) in [5.74, 6) is -0.373. The van der Waals surface area contributed by atoms with Gasteiger partial charge in [0.2, 0.25) is 0 Å². The highest BCUT2D eigenvalue weighted by Gasteiger charge is 2.41. The first-order valence-electron chi connectivity index (χ1n) is 8.94. The van der Waals surface area contributed by atoms with Crippen molar-refractivity contribution >= 4 is 37.7 Å². The van der Waals surface area contributed by atoms with E-state index in [1.54, 1.807) is 24.3 Å². The number of cyclic esters (lactones) is 1. The van der Waals surface area contributed by atoms with Crippen LogP contribution in [0, 0.1) is 0 Å². The lowest BCUT2D eigenvalue weighted by atomic mass is 9.86. The smallest absolute Gasteiger partial charge is 0.340 e. The number of sulfone groups is 1. The molecule has 0 aromatic heterocycles. The average Bonchev–Trinajstić information content (AvgIpc) is 2.89. The van der Waals surface area contributed by atoms with Crippen molar-refractivity contribution in [1.29, 1.82) is 0 Å². The lowest BCUT2D eigenvalue weighted by molar-refractivity contribution is -0.141. The minimum Gasteiger partial charge on any atom is -0.451 e. The summed E-state index contributed by atoms with van der Waals surface area (Å²) in [7, 11) is -3.29. The minimum atomic E-state index is -3.29. The van der Waals surface area contributed by atoms with Crippen molar-refractivity contribution in [2.45, 2.75) is 24.3 Å². The van der Waals surface area contributed by atoms with Gasteiger partial charge in [-0.3, -0.25) is 0 Å². The molecule has 0 radical (unpaired) electrons. The fourth-order valence-electron chi connectivity index (χ4n) is 3.70. The molecule has 1 heterocycles. The first-order valence-corrected chi connectivity index (χ1v) is 10.8. The van der Waals surface area contributed by atoms with Gasteiger partial charge in [-0.25, -0.2) is 13.2 Å². The van der Waals surface area contributed by atoms with Crippen LogP contribution in [0.3, 0.4) is 0 Å². The number of rotatable bonds is 3.